The Bertz CT molecular complexity index is 1100. The summed E-state index contributed by atoms with van der Waals surface area (Å²) in [5.74, 6) is -0.105. The van der Waals surface area contributed by atoms with Gasteiger partial charge in [-0.3, -0.25) is 4.79 Å². The third-order valence-electron chi connectivity index (χ3n) is 4.25. The van der Waals surface area contributed by atoms with E-state index in [0.717, 1.165) is 0 Å². The monoisotopic (exact) mass is 421 g/mol. The lowest BCUT2D eigenvalue weighted by Gasteiger charge is -2.12. The fourth-order valence-corrected chi connectivity index (χ4v) is 2.63. The lowest BCUT2D eigenvalue weighted by atomic mass is 10.2. The van der Waals surface area contributed by atoms with E-state index in [1.165, 1.54) is 50.4 Å². The predicted octanol–water partition coefficient (Wildman–Crippen LogP) is 4.01. The Morgan fingerprint density at radius 3 is 2.26 bits per heavy atom. The highest BCUT2D eigenvalue weighted by atomic mass is 19.1. The van der Waals surface area contributed by atoms with Crippen molar-refractivity contribution in [2.24, 2.45) is 0 Å². The molecule has 2 aromatic carbocycles. The maximum atomic E-state index is 13.0. The second-order valence-corrected chi connectivity index (χ2v) is 6.50. The quantitative estimate of drug-likeness (QED) is 0.580. The summed E-state index contributed by atoms with van der Waals surface area (Å²) >= 11 is 0. The van der Waals surface area contributed by atoms with Crippen LogP contribution in [-0.2, 0) is 9.53 Å². The lowest BCUT2D eigenvalue weighted by molar-refractivity contribution is -0.142. The highest BCUT2D eigenvalue weighted by Crippen LogP contribution is 2.25. The first-order valence-corrected chi connectivity index (χ1v) is 9.33. The van der Waals surface area contributed by atoms with Gasteiger partial charge >= 0.3 is 5.97 Å². The number of hydrogen-bond acceptors (Lipinski definition) is 6. The Morgan fingerprint density at radius 2 is 1.68 bits per heavy atom. The zero-order valence-corrected chi connectivity index (χ0v) is 17.0. The van der Waals surface area contributed by atoms with Gasteiger partial charge in [0.05, 0.1) is 12.8 Å². The van der Waals surface area contributed by atoms with Crippen molar-refractivity contribution in [3.63, 3.8) is 0 Å². The van der Waals surface area contributed by atoms with Gasteiger partial charge in [0.1, 0.15) is 29.1 Å². The van der Waals surface area contributed by atoms with Crippen LogP contribution in [0.25, 0.3) is 17.5 Å². The molecule has 31 heavy (non-hydrogen) atoms. The SMILES string of the molecule is C=Cc1cc(C(=O)N[C@@H](C)C(=O)OC)nc(-c2ccc(Oc3ccc(F)cc3)cc2)n1. The molecule has 0 aliphatic carbocycles. The third-order valence-corrected chi connectivity index (χ3v) is 4.25. The molecule has 0 aliphatic heterocycles. The average molecular weight is 421 g/mol. The van der Waals surface area contributed by atoms with E-state index in [2.05, 4.69) is 26.6 Å². The van der Waals surface area contributed by atoms with Crippen LogP contribution in [0.5, 0.6) is 11.5 Å². The zero-order valence-electron chi connectivity index (χ0n) is 17.0. The Balaban J connectivity index is 1.82. The molecule has 0 bridgehead atoms. The van der Waals surface area contributed by atoms with Gasteiger partial charge in [-0.2, -0.15) is 0 Å². The summed E-state index contributed by atoms with van der Waals surface area (Å²) < 4.78 is 23.3. The fourth-order valence-electron chi connectivity index (χ4n) is 2.63. The maximum absolute atomic E-state index is 13.0. The van der Waals surface area contributed by atoms with Gasteiger partial charge in [0, 0.05) is 5.56 Å². The summed E-state index contributed by atoms with van der Waals surface area (Å²) in [7, 11) is 1.24. The number of ether oxygens (including phenoxy) is 2. The Labute approximate surface area is 178 Å². The Morgan fingerprint density at radius 1 is 1.06 bits per heavy atom. The van der Waals surface area contributed by atoms with Crippen molar-refractivity contribution in [3.05, 3.63) is 78.4 Å². The van der Waals surface area contributed by atoms with Crippen LogP contribution in [0.2, 0.25) is 0 Å². The fraction of sp³-hybridized carbons (Fsp3) is 0.130. The number of halogens is 1. The Kier molecular flexibility index (Phi) is 6.71. The number of rotatable bonds is 7. The molecule has 3 aromatic rings. The van der Waals surface area contributed by atoms with Gasteiger partial charge in [0.2, 0.25) is 0 Å². The first-order valence-electron chi connectivity index (χ1n) is 9.33. The molecular weight excluding hydrogens is 401 g/mol. The highest BCUT2D eigenvalue weighted by molar-refractivity contribution is 5.95. The molecule has 0 radical (unpaired) electrons. The summed E-state index contributed by atoms with van der Waals surface area (Å²) in [4.78, 5) is 32.8. The van der Waals surface area contributed by atoms with Gasteiger partial charge in [-0.15, -0.1) is 0 Å². The smallest absolute Gasteiger partial charge is 0.328 e. The number of amides is 1. The number of aromatic nitrogens is 2. The molecule has 1 heterocycles. The summed E-state index contributed by atoms with van der Waals surface area (Å²) in [6.07, 6.45) is 1.50. The van der Waals surface area contributed by atoms with E-state index in [9.17, 15) is 14.0 Å². The first-order chi connectivity index (χ1) is 14.9. The summed E-state index contributed by atoms with van der Waals surface area (Å²) in [5.41, 5.74) is 1.18. The van der Waals surface area contributed by atoms with Gasteiger partial charge in [-0.05, 0) is 67.6 Å². The number of nitrogens with one attached hydrogen (secondary N) is 1. The van der Waals surface area contributed by atoms with Gasteiger partial charge in [0.25, 0.3) is 5.91 Å². The molecule has 158 valence electrons. The van der Waals surface area contributed by atoms with Gasteiger partial charge in [0.15, 0.2) is 5.82 Å². The number of esters is 1. The molecule has 1 N–H and O–H groups in total. The van der Waals surface area contributed by atoms with Crippen molar-refractivity contribution in [2.45, 2.75) is 13.0 Å². The van der Waals surface area contributed by atoms with Crippen molar-refractivity contribution in [3.8, 4) is 22.9 Å². The molecule has 1 atom stereocenters. The van der Waals surface area contributed by atoms with Crippen molar-refractivity contribution < 1.29 is 23.5 Å². The van der Waals surface area contributed by atoms with E-state index >= 15 is 0 Å². The summed E-state index contributed by atoms with van der Waals surface area (Å²) in [6, 6.07) is 13.2. The predicted molar refractivity (Wildman–Crippen MR) is 113 cm³/mol. The molecule has 1 amide bonds. The van der Waals surface area contributed by atoms with Crippen molar-refractivity contribution in [2.75, 3.05) is 7.11 Å². The summed E-state index contributed by atoms with van der Waals surface area (Å²) in [5, 5.41) is 2.53. The third kappa shape index (κ3) is 5.51. The van der Waals surface area contributed by atoms with Crippen LogP contribution in [0.15, 0.2) is 61.2 Å². The topological polar surface area (TPSA) is 90.4 Å². The zero-order chi connectivity index (χ0) is 22.4. The largest absolute Gasteiger partial charge is 0.467 e. The molecule has 0 aliphatic rings. The lowest BCUT2D eigenvalue weighted by Crippen LogP contribution is -2.39. The van der Waals surface area contributed by atoms with E-state index in [0.29, 0.717) is 28.6 Å². The standard InChI is InChI=1S/C23H20FN3O4/c1-4-17-13-20(22(28)25-14(2)23(29)30-3)27-21(26-17)15-5-9-18(10-6-15)31-19-11-7-16(24)8-12-19/h4-14H,1H2,2-3H3,(H,25,28)/t14-/m0/s1. The second kappa shape index (κ2) is 9.62. The van der Waals surface area contributed by atoms with Crippen LogP contribution in [0, 0.1) is 5.82 Å². The van der Waals surface area contributed by atoms with Crippen LogP contribution >= 0.6 is 0 Å². The van der Waals surface area contributed by atoms with Gasteiger partial charge in [-0.25, -0.2) is 19.2 Å². The van der Waals surface area contributed by atoms with Crippen LogP contribution in [0.4, 0.5) is 4.39 Å². The number of carbonyl (C=O) groups is 2. The number of benzene rings is 2. The highest BCUT2D eigenvalue weighted by Gasteiger charge is 2.19. The molecule has 0 unspecified atom stereocenters. The molecule has 1 aromatic heterocycles. The minimum absolute atomic E-state index is 0.0855. The normalized spacial score (nSPS) is 11.3. The van der Waals surface area contributed by atoms with E-state index in [-0.39, 0.29) is 11.5 Å². The molecule has 0 saturated heterocycles. The van der Waals surface area contributed by atoms with Crippen molar-refractivity contribution >= 4 is 18.0 Å². The first kappa shape index (κ1) is 21.6. The van der Waals surface area contributed by atoms with E-state index in [1.54, 1.807) is 24.3 Å². The number of methoxy groups -OCH3 is 1. The molecule has 7 nitrogen and oxygen atoms in total. The molecule has 0 saturated carbocycles. The van der Waals surface area contributed by atoms with E-state index < -0.39 is 17.9 Å². The number of carbonyl (C=O) groups excluding carboxylic acids is 2. The Hall–Kier alpha value is -4.07. The second-order valence-electron chi connectivity index (χ2n) is 6.50. The van der Waals surface area contributed by atoms with Crippen molar-refractivity contribution in [1.29, 1.82) is 0 Å². The van der Waals surface area contributed by atoms with Crippen LogP contribution < -0.4 is 10.1 Å². The molecule has 0 spiro atoms. The van der Waals surface area contributed by atoms with Crippen LogP contribution in [-0.4, -0.2) is 35.0 Å². The van der Waals surface area contributed by atoms with Crippen molar-refractivity contribution in [1.82, 2.24) is 15.3 Å². The average Bonchev–Trinajstić information content (AvgIpc) is 2.80. The molecule has 8 heteroatoms. The summed E-state index contributed by atoms with van der Waals surface area (Å²) in [6.45, 7) is 5.21. The van der Waals surface area contributed by atoms with E-state index in [4.69, 9.17) is 4.74 Å². The van der Waals surface area contributed by atoms with Crippen LogP contribution in [0.3, 0.4) is 0 Å². The number of hydrogen-bond donors (Lipinski definition) is 1. The minimum Gasteiger partial charge on any atom is -0.467 e. The molecule has 3 rings (SSSR count). The minimum atomic E-state index is -0.828. The number of nitrogens with zero attached hydrogens (tertiary/aromatic N) is 2. The van der Waals surface area contributed by atoms with Gasteiger partial charge < -0.3 is 14.8 Å². The maximum Gasteiger partial charge on any atom is 0.328 e. The van der Waals surface area contributed by atoms with E-state index in [1.807, 2.05) is 0 Å². The molecular formula is C23H20FN3O4. The van der Waals surface area contributed by atoms with Gasteiger partial charge in [-0.1, -0.05) is 6.58 Å². The van der Waals surface area contributed by atoms with Crippen LogP contribution in [0.1, 0.15) is 23.1 Å². The molecule has 0 fully saturated rings.